The maximum absolute atomic E-state index is 7.94. The number of benzene rings is 10. The van der Waals surface area contributed by atoms with E-state index >= 15 is 0 Å². The lowest BCUT2D eigenvalue weighted by atomic mass is 9.72. The number of ether oxygens (including phenoxy) is 3. The van der Waals surface area contributed by atoms with Crippen molar-refractivity contribution in [1.29, 1.82) is 0 Å². The molecule has 10 aromatic carbocycles. The van der Waals surface area contributed by atoms with Crippen LogP contribution in [0.5, 0.6) is 23.0 Å². The largest absolute Gasteiger partial charge is 0.472 e. The van der Waals surface area contributed by atoms with Gasteiger partial charge in [-0.2, -0.15) is 0 Å². The second-order valence-electron chi connectivity index (χ2n) is 29.0. The summed E-state index contributed by atoms with van der Waals surface area (Å²) in [5.74, 6) is 6.55. The molecule has 440 valence electrons. The average Bonchev–Trinajstić information content (AvgIpc) is 1.61. The van der Waals surface area contributed by atoms with E-state index in [4.69, 9.17) is 14.2 Å². The normalized spacial score (nSPS) is 26.3. The lowest BCUT2D eigenvalue weighted by Crippen LogP contribution is -2.35. The van der Waals surface area contributed by atoms with Gasteiger partial charge in [-0.3, -0.25) is 0 Å². The topological polar surface area (TPSA) is 27.7 Å². The van der Waals surface area contributed by atoms with Gasteiger partial charge in [-0.05, 0) is 195 Å². The Morgan fingerprint density at radius 3 is 1.04 bits per heavy atom. The van der Waals surface area contributed by atoms with Gasteiger partial charge in [0.15, 0.2) is 11.2 Å². The standard InChI is InChI=1S/C86H78O3/c1-51-15-23-61(24-16-51)85(41-39-71-79-77(67-35-19-53(3)43-73(67)81(71)88-85)69-37-21-55(5)45-75(69)83(79)47-57-11-7-8-12-58(57)48-83)63-27-31-65(32-28-63)87-66-33-29-64(30-34-66)86(62-25-17-52(2)18-26-62)42-40-72-80-78(68-36-20-54(4)44-74(68)82(72)89-86)70-38-22-56(6)46-76(70)84(80)49-59-13-9-10-14-60(59)50-84/h15-46,57-60H,7-14,47-50H2,1-6H3. The molecular formula is C86H78O3. The van der Waals surface area contributed by atoms with Gasteiger partial charge in [0.05, 0.1) is 0 Å². The summed E-state index contributed by atoms with van der Waals surface area (Å²) < 4.78 is 22.8. The molecule has 4 saturated carbocycles. The van der Waals surface area contributed by atoms with E-state index in [1.807, 2.05) is 0 Å². The van der Waals surface area contributed by atoms with Crippen molar-refractivity contribution in [2.75, 3.05) is 0 Å². The van der Waals surface area contributed by atoms with Gasteiger partial charge in [0.2, 0.25) is 0 Å². The first-order valence-corrected chi connectivity index (χ1v) is 33.6. The van der Waals surface area contributed by atoms with E-state index in [2.05, 4.69) is 236 Å². The molecule has 6 unspecified atom stereocenters. The molecule has 18 rings (SSSR count). The number of aryl methyl sites for hydroxylation is 6. The number of hydrogen-bond donors (Lipinski definition) is 0. The van der Waals surface area contributed by atoms with Crippen LogP contribution in [0.4, 0.5) is 0 Å². The summed E-state index contributed by atoms with van der Waals surface area (Å²) >= 11 is 0. The quantitative estimate of drug-likeness (QED) is 0.166. The van der Waals surface area contributed by atoms with Gasteiger partial charge >= 0.3 is 0 Å². The summed E-state index contributed by atoms with van der Waals surface area (Å²) in [6, 6.07) is 64.2. The Hall–Kier alpha value is -8.40. The molecule has 4 fully saturated rings. The zero-order valence-corrected chi connectivity index (χ0v) is 52.5. The second kappa shape index (κ2) is 19.6. The third-order valence-electron chi connectivity index (χ3n) is 23.6. The third kappa shape index (κ3) is 7.82. The molecule has 3 heteroatoms. The van der Waals surface area contributed by atoms with Crippen LogP contribution in [-0.2, 0) is 22.0 Å². The number of rotatable bonds is 6. The highest BCUT2D eigenvalue weighted by Crippen LogP contribution is 2.69. The van der Waals surface area contributed by atoms with Gasteiger partial charge in [-0.15, -0.1) is 0 Å². The lowest BCUT2D eigenvalue weighted by molar-refractivity contribution is 0.163. The van der Waals surface area contributed by atoms with Gasteiger partial charge in [-0.1, -0.05) is 230 Å². The Balaban J connectivity index is 0.716. The molecule has 6 aliphatic carbocycles. The van der Waals surface area contributed by atoms with Crippen molar-refractivity contribution in [1.82, 2.24) is 0 Å². The molecule has 0 bridgehead atoms. The third-order valence-corrected chi connectivity index (χ3v) is 23.6. The van der Waals surface area contributed by atoms with E-state index < -0.39 is 11.2 Å². The monoisotopic (exact) mass is 1160 g/mol. The fourth-order valence-corrected chi connectivity index (χ4v) is 19.6. The molecule has 0 N–H and O–H groups in total. The highest BCUT2D eigenvalue weighted by molar-refractivity contribution is 6.10. The van der Waals surface area contributed by atoms with Crippen LogP contribution in [0.2, 0.25) is 0 Å². The van der Waals surface area contributed by atoms with Crippen molar-refractivity contribution in [3.63, 3.8) is 0 Å². The summed E-state index contributed by atoms with van der Waals surface area (Å²) in [6.07, 6.45) is 25.3. The second-order valence-corrected chi connectivity index (χ2v) is 29.0. The molecule has 0 radical (unpaired) electrons. The Labute approximate surface area is 525 Å². The summed E-state index contributed by atoms with van der Waals surface area (Å²) in [5.41, 5.74) is 24.4. The average molecular weight is 1160 g/mol. The predicted octanol–water partition coefficient (Wildman–Crippen LogP) is 22.1. The van der Waals surface area contributed by atoms with Gasteiger partial charge in [0, 0.05) is 55.0 Å². The van der Waals surface area contributed by atoms with Crippen LogP contribution < -0.4 is 14.2 Å². The molecule has 10 aromatic rings. The van der Waals surface area contributed by atoms with Crippen molar-refractivity contribution >= 4 is 33.7 Å². The van der Waals surface area contributed by atoms with Gasteiger partial charge in [-0.25, -0.2) is 0 Å². The minimum atomic E-state index is -0.899. The Morgan fingerprint density at radius 2 is 0.674 bits per heavy atom. The van der Waals surface area contributed by atoms with Crippen LogP contribution in [0.1, 0.15) is 166 Å². The summed E-state index contributed by atoms with van der Waals surface area (Å²) in [6.45, 7) is 13.3. The van der Waals surface area contributed by atoms with Crippen LogP contribution in [0.3, 0.4) is 0 Å². The van der Waals surface area contributed by atoms with E-state index in [0.29, 0.717) is 0 Å². The van der Waals surface area contributed by atoms with Crippen LogP contribution in [0, 0.1) is 65.2 Å². The first kappa shape index (κ1) is 53.6. The van der Waals surface area contributed by atoms with E-state index in [0.717, 1.165) is 68.9 Å². The zero-order chi connectivity index (χ0) is 59.7. The fraction of sp³-hybridized carbons (Fsp3) is 0.302. The number of fused-ring (bicyclic) bond motifs is 22. The van der Waals surface area contributed by atoms with Crippen molar-refractivity contribution in [2.24, 2.45) is 23.7 Å². The van der Waals surface area contributed by atoms with Crippen LogP contribution in [0.15, 0.2) is 182 Å². The first-order valence-electron chi connectivity index (χ1n) is 33.6. The molecule has 3 nitrogen and oxygen atoms in total. The maximum Gasteiger partial charge on any atom is 0.178 e. The molecule has 2 aliphatic heterocycles. The molecular weight excluding hydrogens is 1080 g/mol. The highest BCUT2D eigenvalue weighted by Gasteiger charge is 2.57. The molecule has 0 amide bonds. The van der Waals surface area contributed by atoms with Crippen molar-refractivity contribution < 1.29 is 14.2 Å². The van der Waals surface area contributed by atoms with E-state index in [1.54, 1.807) is 11.1 Å². The van der Waals surface area contributed by atoms with Gasteiger partial charge in [0.25, 0.3) is 0 Å². The summed E-state index contributed by atoms with van der Waals surface area (Å²) in [5, 5.41) is 4.97. The van der Waals surface area contributed by atoms with Crippen molar-refractivity contribution in [3.8, 4) is 45.3 Å². The SMILES string of the molecule is Cc1ccc(C2(c3ccc(Oc4ccc(C5(c6ccc(C)cc6)C=Cc6c7c(c8ccc(C)cc8c6O5)-c5ccc(C)cc5C75CC6CCCCC6C5)cc4)cc3)C=Cc3c4c(c5ccc(C)cc5c3O2)-c2ccc(C)cc2C42CC3CCCCC3C2)cc1. The predicted molar refractivity (Wildman–Crippen MR) is 365 cm³/mol. The molecule has 2 spiro atoms. The molecule has 89 heavy (non-hydrogen) atoms. The lowest BCUT2D eigenvalue weighted by Gasteiger charge is -2.39. The smallest absolute Gasteiger partial charge is 0.178 e. The van der Waals surface area contributed by atoms with Crippen molar-refractivity contribution in [3.05, 3.63) is 271 Å². The maximum atomic E-state index is 7.94. The van der Waals surface area contributed by atoms with Gasteiger partial charge < -0.3 is 14.2 Å². The minimum Gasteiger partial charge on any atom is -0.472 e. The molecule has 0 aromatic heterocycles. The van der Waals surface area contributed by atoms with Crippen LogP contribution in [0.25, 0.3) is 56.0 Å². The molecule has 6 atom stereocenters. The first-order chi connectivity index (χ1) is 43.4. The summed E-state index contributed by atoms with van der Waals surface area (Å²) in [7, 11) is 0. The van der Waals surface area contributed by atoms with E-state index in [9.17, 15) is 0 Å². The van der Waals surface area contributed by atoms with E-state index in [1.165, 1.54) is 176 Å². The van der Waals surface area contributed by atoms with Crippen molar-refractivity contribution in [2.45, 2.75) is 141 Å². The molecule has 8 aliphatic rings. The molecule has 0 saturated heterocycles. The number of hydrogen-bond acceptors (Lipinski definition) is 3. The van der Waals surface area contributed by atoms with Crippen LogP contribution >= 0.6 is 0 Å². The van der Waals surface area contributed by atoms with E-state index in [-0.39, 0.29) is 10.8 Å². The fourth-order valence-electron chi connectivity index (χ4n) is 19.6. The Kier molecular flexibility index (Phi) is 11.8. The highest BCUT2D eigenvalue weighted by atomic mass is 16.5. The molecule has 2 heterocycles. The Morgan fingerprint density at radius 1 is 0.348 bits per heavy atom. The minimum absolute atomic E-state index is 0.0418. The van der Waals surface area contributed by atoms with Gasteiger partial charge in [0.1, 0.15) is 23.0 Å². The van der Waals surface area contributed by atoms with Crippen LogP contribution in [-0.4, -0.2) is 0 Å². The summed E-state index contributed by atoms with van der Waals surface area (Å²) in [4.78, 5) is 0. The Bertz CT molecular complexity index is 4350. The zero-order valence-electron chi connectivity index (χ0n) is 52.5.